The van der Waals surface area contributed by atoms with Gasteiger partial charge in [-0.15, -0.1) is 0 Å². The van der Waals surface area contributed by atoms with Gasteiger partial charge in [0.15, 0.2) is 15.0 Å². The van der Waals surface area contributed by atoms with Crippen molar-refractivity contribution in [1.82, 2.24) is 4.98 Å². The molecule has 170 valence electrons. The summed E-state index contributed by atoms with van der Waals surface area (Å²) in [5.74, 6) is 0.864. The zero-order chi connectivity index (χ0) is 22.9. The standard InChI is InChI=1S/C22H24N2O6S2/c1-28-17-9-10-18(29-2)20-19(17)23-22(31-20)24(13-15-7-5-11-30-15)21(25)14-6-4-8-16(12-14)32(3,26)27/h4,6,8-10,12,15H,5,7,11,13H2,1-3H3. The second kappa shape index (κ2) is 9.05. The van der Waals surface area contributed by atoms with Crippen LogP contribution in [0.3, 0.4) is 0 Å². The molecule has 0 N–H and O–H groups in total. The Hall–Kier alpha value is -2.69. The van der Waals surface area contributed by atoms with Crippen molar-refractivity contribution in [3.05, 3.63) is 42.0 Å². The molecule has 1 atom stereocenters. The van der Waals surface area contributed by atoms with Gasteiger partial charge < -0.3 is 14.2 Å². The third-order valence-corrected chi connectivity index (χ3v) is 7.50. The van der Waals surface area contributed by atoms with Crippen molar-refractivity contribution >= 4 is 42.4 Å². The molecule has 8 nitrogen and oxygen atoms in total. The van der Waals surface area contributed by atoms with Crippen molar-refractivity contribution in [3.63, 3.8) is 0 Å². The lowest BCUT2D eigenvalue weighted by molar-refractivity contribution is 0.0917. The van der Waals surface area contributed by atoms with E-state index in [0.717, 1.165) is 23.8 Å². The second-order valence-corrected chi connectivity index (χ2v) is 10.5. The highest BCUT2D eigenvalue weighted by atomic mass is 32.2. The molecular formula is C22H24N2O6S2. The Kier molecular flexibility index (Phi) is 6.36. The Bertz CT molecular complexity index is 1210. The van der Waals surface area contributed by atoms with Crippen LogP contribution in [0.15, 0.2) is 41.3 Å². The maximum absolute atomic E-state index is 13.6. The zero-order valence-corrected chi connectivity index (χ0v) is 19.7. The number of ether oxygens (including phenoxy) is 3. The molecule has 0 spiro atoms. The molecule has 32 heavy (non-hydrogen) atoms. The Balaban J connectivity index is 1.80. The number of carbonyl (C=O) groups is 1. The van der Waals surface area contributed by atoms with E-state index in [0.29, 0.717) is 35.3 Å². The van der Waals surface area contributed by atoms with E-state index in [2.05, 4.69) is 0 Å². The Morgan fingerprint density at radius 1 is 1.22 bits per heavy atom. The largest absolute Gasteiger partial charge is 0.495 e. The van der Waals surface area contributed by atoms with Crippen molar-refractivity contribution in [1.29, 1.82) is 0 Å². The summed E-state index contributed by atoms with van der Waals surface area (Å²) in [6, 6.07) is 9.61. The topological polar surface area (TPSA) is 95.0 Å². The fraction of sp³-hybridized carbons (Fsp3) is 0.364. The molecule has 0 saturated carbocycles. The predicted octanol–water partition coefficient (Wildman–Crippen LogP) is 3.54. The minimum absolute atomic E-state index is 0.0908. The van der Waals surface area contributed by atoms with Crippen molar-refractivity contribution in [3.8, 4) is 11.5 Å². The van der Waals surface area contributed by atoms with E-state index in [1.54, 1.807) is 43.4 Å². The predicted molar refractivity (Wildman–Crippen MR) is 123 cm³/mol. The van der Waals surface area contributed by atoms with Crippen molar-refractivity contribution in [2.45, 2.75) is 23.8 Å². The van der Waals surface area contributed by atoms with Gasteiger partial charge in [0.2, 0.25) is 0 Å². The fourth-order valence-electron chi connectivity index (χ4n) is 3.65. The van der Waals surface area contributed by atoms with Crippen LogP contribution in [0.2, 0.25) is 0 Å². The molecule has 10 heteroatoms. The lowest BCUT2D eigenvalue weighted by Crippen LogP contribution is -2.37. The molecule has 3 aromatic rings. The Morgan fingerprint density at radius 3 is 2.62 bits per heavy atom. The van der Waals surface area contributed by atoms with E-state index >= 15 is 0 Å². The lowest BCUT2D eigenvalue weighted by atomic mass is 10.2. The summed E-state index contributed by atoms with van der Waals surface area (Å²) < 4.78 is 41.5. The summed E-state index contributed by atoms with van der Waals surface area (Å²) in [5, 5.41) is 0.466. The molecule has 1 fully saturated rings. The van der Waals surface area contributed by atoms with Crippen LogP contribution in [0.5, 0.6) is 11.5 Å². The molecule has 1 aliphatic rings. The number of thiazole rings is 1. The molecule has 2 aromatic carbocycles. The number of sulfone groups is 1. The van der Waals surface area contributed by atoms with Gasteiger partial charge in [-0.2, -0.15) is 0 Å². The first-order valence-corrected chi connectivity index (χ1v) is 12.8. The average Bonchev–Trinajstić information content (AvgIpc) is 3.45. The van der Waals surface area contributed by atoms with E-state index in [1.807, 2.05) is 0 Å². The molecule has 1 aliphatic heterocycles. The van der Waals surface area contributed by atoms with Crippen LogP contribution >= 0.6 is 11.3 Å². The first kappa shape index (κ1) is 22.5. The third kappa shape index (κ3) is 4.43. The van der Waals surface area contributed by atoms with Crippen LogP contribution in [0, 0.1) is 0 Å². The first-order valence-electron chi connectivity index (χ1n) is 10.1. The van der Waals surface area contributed by atoms with Crippen molar-refractivity contribution in [2.24, 2.45) is 0 Å². The summed E-state index contributed by atoms with van der Waals surface area (Å²) in [4.78, 5) is 19.9. The number of hydrogen-bond donors (Lipinski definition) is 0. The molecule has 0 aliphatic carbocycles. The second-order valence-electron chi connectivity index (χ2n) is 7.50. The molecular weight excluding hydrogens is 452 g/mol. The van der Waals surface area contributed by atoms with Crippen LogP contribution in [-0.4, -0.2) is 59.0 Å². The number of fused-ring (bicyclic) bond motifs is 1. The molecule has 1 amide bonds. The lowest BCUT2D eigenvalue weighted by Gasteiger charge is -2.23. The molecule has 0 radical (unpaired) electrons. The van der Waals surface area contributed by atoms with Crippen LogP contribution in [0.4, 0.5) is 5.13 Å². The SMILES string of the molecule is COc1ccc(OC)c2sc(N(CC3CCCO3)C(=O)c3cccc(S(C)(=O)=O)c3)nc12. The van der Waals surface area contributed by atoms with Crippen molar-refractivity contribution < 1.29 is 27.4 Å². The molecule has 1 saturated heterocycles. The Labute approximate surface area is 190 Å². The minimum atomic E-state index is -3.45. The summed E-state index contributed by atoms with van der Waals surface area (Å²) >= 11 is 1.32. The molecule has 1 aromatic heterocycles. The minimum Gasteiger partial charge on any atom is -0.495 e. The number of amides is 1. The van der Waals surface area contributed by atoms with Gasteiger partial charge in [0.25, 0.3) is 5.91 Å². The summed E-state index contributed by atoms with van der Waals surface area (Å²) in [6.45, 7) is 0.962. The first-order chi connectivity index (χ1) is 15.3. The number of anilines is 1. The van der Waals surface area contributed by atoms with E-state index in [9.17, 15) is 13.2 Å². The van der Waals surface area contributed by atoms with Crippen LogP contribution < -0.4 is 14.4 Å². The van der Waals surface area contributed by atoms with Crippen molar-refractivity contribution in [2.75, 3.05) is 38.5 Å². The van der Waals surface area contributed by atoms with Gasteiger partial charge in [-0.05, 0) is 43.2 Å². The van der Waals surface area contributed by atoms with E-state index < -0.39 is 9.84 Å². The van der Waals surface area contributed by atoms with Crippen LogP contribution in [0.25, 0.3) is 10.2 Å². The highest BCUT2D eigenvalue weighted by molar-refractivity contribution is 7.90. The highest BCUT2D eigenvalue weighted by Gasteiger charge is 2.28. The van der Waals surface area contributed by atoms with Crippen LogP contribution in [0.1, 0.15) is 23.2 Å². The van der Waals surface area contributed by atoms with Gasteiger partial charge in [-0.25, -0.2) is 13.4 Å². The van der Waals surface area contributed by atoms with Gasteiger partial charge in [0, 0.05) is 18.4 Å². The van der Waals surface area contributed by atoms with E-state index in [4.69, 9.17) is 19.2 Å². The number of methoxy groups -OCH3 is 2. The number of benzene rings is 2. The molecule has 0 bridgehead atoms. The quantitative estimate of drug-likeness (QED) is 0.515. The smallest absolute Gasteiger partial charge is 0.260 e. The monoisotopic (exact) mass is 476 g/mol. The maximum atomic E-state index is 13.6. The van der Waals surface area contributed by atoms with E-state index in [-0.39, 0.29) is 22.5 Å². The summed E-state index contributed by atoms with van der Waals surface area (Å²) in [7, 11) is -0.314. The van der Waals surface area contributed by atoms with Gasteiger partial charge in [0.1, 0.15) is 21.7 Å². The molecule has 4 rings (SSSR count). The molecule has 1 unspecified atom stereocenters. The number of hydrogen-bond acceptors (Lipinski definition) is 8. The summed E-state index contributed by atoms with van der Waals surface area (Å²) in [6.07, 6.45) is 2.77. The molecule has 2 heterocycles. The van der Waals surface area contributed by atoms with Gasteiger partial charge >= 0.3 is 0 Å². The number of rotatable bonds is 7. The summed E-state index contributed by atoms with van der Waals surface area (Å²) in [5.41, 5.74) is 0.867. The maximum Gasteiger partial charge on any atom is 0.260 e. The Morgan fingerprint density at radius 2 is 1.97 bits per heavy atom. The third-order valence-electron chi connectivity index (χ3n) is 5.29. The van der Waals surface area contributed by atoms with Gasteiger partial charge in [-0.1, -0.05) is 17.4 Å². The highest BCUT2D eigenvalue weighted by Crippen LogP contribution is 2.40. The number of aromatic nitrogens is 1. The van der Waals surface area contributed by atoms with E-state index in [1.165, 1.54) is 23.5 Å². The number of nitrogens with zero attached hydrogens (tertiary/aromatic N) is 2. The zero-order valence-electron chi connectivity index (χ0n) is 18.0. The van der Waals surface area contributed by atoms with Gasteiger partial charge in [0.05, 0.1) is 31.8 Å². The average molecular weight is 477 g/mol. The fourth-order valence-corrected chi connectivity index (χ4v) is 5.39. The normalized spacial score (nSPS) is 16.3. The van der Waals surface area contributed by atoms with Gasteiger partial charge in [-0.3, -0.25) is 9.69 Å². The number of carbonyl (C=O) groups excluding carboxylic acids is 1. The van der Waals surface area contributed by atoms with Crippen LogP contribution in [-0.2, 0) is 14.6 Å².